The van der Waals surface area contributed by atoms with Gasteiger partial charge < -0.3 is 10.8 Å². The molecule has 0 amide bonds. The third-order valence-corrected chi connectivity index (χ3v) is 5.75. The van der Waals surface area contributed by atoms with Crippen LogP contribution in [0.3, 0.4) is 0 Å². The Morgan fingerprint density at radius 1 is 1.00 bits per heavy atom. The molecular formula is C16H21NO. The Hall–Kier alpha value is -1.02. The van der Waals surface area contributed by atoms with Crippen LogP contribution in [0.5, 0.6) is 0 Å². The van der Waals surface area contributed by atoms with Crippen molar-refractivity contribution in [2.24, 2.45) is 17.8 Å². The Labute approximate surface area is 108 Å². The number of hydrogen-bond donors (Lipinski definition) is 2. The topological polar surface area (TPSA) is 46.2 Å². The number of aliphatic hydroxyl groups excluding tert-OH is 1. The van der Waals surface area contributed by atoms with Crippen LogP contribution in [0.2, 0.25) is 0 Å². The summed E-state index contributed by atoms with van der Waals surface area (Å²) in [6.07, 6.45) is 6.19. The van der Waals surface area contributed by atoms with Crippen LogP contribution in [-0.4, -0.2) is 11.2 Å². The lowest BCUT2D eigenvalue weighted by atomic mass is 9.47. The molecule has 18 heavy (non-hydrogen) atoms. The van der Waals surface area contributed by atoms with Gasteiger partial charge in [0.05, 0.1) is 6.10 Å². The summed E-state index contributed by atoms with van der Waals surface area (Å²) in [4.78, 5) is 0. The van der Waals surface area contributed by atoms with Gasteiger partial charge in [0.1, 0.15) is 0 Å². The van der Waals surface area contributed by atoms with E-state index in [1.165, 1.54) is 37.7 Å². The molecule has 0 aromatic heterocycles. The molecule has 4 aliphatic carbocycles. The normalized spacial score (nSPS) is 45.4. The van der Waals surface area contributed by atoms with Gasteiger partial charge >= 0.3 is 0 Å². The maximum atomic E-state index is 10.3. The largest absolute Gasteiger partial charge is 0.399 e. The van der Waals surface area contributed by atoms with E-state index in [1.54, 1.807) is 0 Å². The van der Waals surface area contributed by atoms with E-state index in [1.807, 2.05) is 12.1 Å². The summed E-state index contributed by atoms with van der Waals surface area (Å²) >= 11 is 0. The molecule has 4 saturated carbocycles. The van der Waals surface area contributed by atoms with Crippen LogP contribution in [0.4, 0.5) is 5.69 Å². The van der Waals surface area contributed by atoms with E-state index in [0.29, 0.717) is 17.3 Å². The van der Waals surface area contributed by atoms with Gasteiger partial charge in [0.15, 0.2) is 0 Å². The zero-order chi connectivity index (χ0) is 12.3. The van der Waals surface area contributed by atoms with Crippen molar-refractivity contribution in [3.8, 4) is 0 Å². The van der Waals surface area contributed by atoms with Crippen molar-refractivity contribution < 1.29 is 5.11 Å². The van der Waals surface area contributed by atoms with Crippen molar-refractivity contribution in [1.29, 1.82) is 0 Å². The quantitative estimate of drug-likeness (QED) is 0.745. The molecule has 1 aromatic carbocycles. The number of rotatable bonds is 1. The van der Waals surface area contributed by atoms with Crippen molar-refractivity contribution >= 4 is 5.69 Å². The maximum Gasteiger partial charge on any atom is 0.0597 e. The van der Waals surface area contributed by atoms with Crippen LogP contribution < -0.4 is 5.73 Å². The minimum absolute atomic E-state index is 0.0246. The summed E-state index contributed by atoms with van der Waals surface area (Å²) in [5.41, 5.74) is 8.46. The molecule has 3 N–H and O–H groups in total. The zero-order valence-electron chi connectivity index (χ0n) is 10.7. The summed E-state index contributed by atoms with van der Waals surface area (Å²) in [5, 5.41) is 10.3. The number of nitrogens with two attached hydrogens (primary N) is 1. The van der Waals surface area contributed by atoms with E-state index >= 15 is 0 Å². The first-order valence-electron chi connectivity index (χ1n) is 7.20. The lowest BCUT2D eigenvalue weighted by Crippen LogP contribution is -2.55. The van der Waals surface area contributed by atoms with E-state index < -0.39 is 0 Å². The average Bonchev–Trinajstić information content (AvgIpc) is 2.35. The van der Waals surface area contributed by atoms with Gasteiger partial charge in [0.25, 0.3) is 0 Å². The standard InChI is InChI=1S/C16H21NO/c17-14-3-1-13(2-4-14)16-7-10-5-11(8-16)15(18)12(6-10)9-16/h1-4,10-12,15,18H,5-9,17H2. The molecule has 4 bridgehead atoms. The SMILES string of the molecule is Nc1ccc(C23CC4CC(C2)C(O)C(C4)C3)cc1. The lowest BCUT2D eigenvalue weighted by Gasteiger charge is -2.59. The predicted molar refractivity (Wildman–Crippen MR) is 72.1 cm³/mol. The molecule has 96 valence electrons. The fourth-order valence-electron chi connectivity index (χ4n) is 5.19. The number of hydrogen-bond acceptors (Lipinski definition) is 2. The molecule has 1 aromatic rings. The van der Waals surface area contributed by atoms with E-state index in [-0.39, 0.29) is 6.10 Å². The molecule has 0 radical (unpaired) electrons. The van der Waals surface area contributed by atoms with Gasteiger partial charge in [-0.3, -0.25) is 0 Å². The summed E-state index contributed by atoms with van der Waals surface area (Å²) in [5.74, 6) is 1.95. The first-order chi connectivity index (χ1) is 8.66. The smallest absolute Gasteiger partial charge is 0.0597 e. The second-order valence-corrected chi connectivity index (χ2v) is 6.86. The third-order valence-electron chi connectivity index (χ3n) is 5.75. The highest BCUT2D eigenvalue weighted by molar-refractivity contribution is 5.42. The number of aliphatic hydroxyl groups is 1. The van der Waals surface area contributed by atoms with Gasteiger partial charge in [0, 0.05) is 5.69 Å². The van der Waals surface area contributed by atoms with E-state index in [2.05, 4.69) is 12.1 Å². The zero-order valence-corrected chi connectivity index (χ0v) is 10.7. The van der Waals surface area contributed by atoms with Gasteiger partial charge in [0.2, 0.25) is 0 Å². The van der Waals surface area contributed by atoms with E-state index in [4.69, 9.17) is 5.73 Å². The fraction of sp³-hybridized carbons (Fsp3) is 0.625. The highest BCUT2D eigenvalue weighted by Gasteiger charge is 2.55. The van der Waals surface area contributed by atoms with Crippen molar-refractivity contribution in [3.05, 3.63) is 29.8 Å². The molecule has 2 unspecified atom stereocenters. The Kier molecular flexibility index (Phi) is 2.12. The highest BCUT2D eigenvalue weighted by Crippen LogP contribution is 2.60. The van der Waals surface area contributed by atoms with Crippen LogP contribution in [0, 0.1) is 17.8 Å². The van der Waals surface area contributed by atoms with Crippen molar-refractivity contribution in [1.82, 2.24) is 0 Å². The molecule has 5 rings (SSSR count). The summed E-state index contributed by atoms with van der Waals surface area (Å²) in [6, 6.07) is 8.50. The second-order valence-electron chi connectivity index (χ2n) is 6.86. The molecule has 0 saturated heterocycles. The fourth-order valence-corrected chi connectivity index (χ4v) is 5.19. The molecule has 2 heteroatoms. The van der Waals surface area contributed by atoms with Gasteiger partial charge in [-0.05, 0) is 73.0 Å². The van der Waals surface area contributed by atoms with Crippen LogP contribution in [-0.2, 0) is 5.41 Å². The molecule has 4 aliphatic rings. The highest BCUT2D eigenvalue weighted by atomic mass is 16.3. The molecule has 0 heterocycles. The van der Waals surface area contributed by atoms with E-state index in [9.17, 15) is 5.11 Å². The Morgan fingerprint density at radius 3 is 2.22 bits per heavy atom. The summed E-state index contributed by atoms with van der Waals surface area (Å²) in [6.45, 7) is 0. The summed E-state index contributed by atoms with van der Waals surface area (Å²) in [7, 11) is 0. The molecule has 2 atom stereocenters. The molecule has 0 aliphatic heterocycles. The predicted octanol–water partition coefficient (Wildman–Crippen LogP) is 2.71. The summed E-state index contributed by atoms with van der Waals surface area (Å²) < 4.78 is 0. The molecule has 0 spiro atoms. The van der Waals surface area contributed by atoms with Crippen molar-refractivity contribution in [2.45, 2.75) is 43.6 Å². The molecule has 4 fully saturated rings. The molecule has 2 nitrogen and oxygen atoms in total. The van der Waals surface area contributed by atoms with Gasteiger partial charge in [-0.1, -0.05) is 12.1 Å². The van der Waals surface area contributed by atoms with E-state index in [0.717, 1.165) is 11.6 Å². The maximum absolute atomic E-state index is 10.3. The molecular weight excluding hydrogens is 222 g/mol. The van der Waals surface area contributed by atoms with Crippen LogP contribution >= 0.6 is 0 Å². The first-order valence-corrected chi connectivity index (χ1v) is 7.20. The lowest BCUT2D eigenvalue weighted by molar-refractivity contribution is -0.106. The monoisotopic (exact) mass is 243 g/mol. The number of benzene rings is 1. The van der Waals surface area contributed by atoms with Crippen LogP contribution in [0.25, 0.3) is 0 Å². The Bertz CT molecular complexity index is 450. The first kappa shape index (κ1) is 10.9. The Morgan fingerprint density at radius 2 is 1.61 bits per heavy atom. The minimum atomic E-state index is -0.0246. The number of anilines is 1. The second kappa shape index (κ2) is 3.51. The number of nitrogen functional groups attached to an aromatic ring is 1. The van der Waals surface area contributed by atoms with Crippen molar-refractivity contribution in [3.63, 3.8) is 0 Å². The van der Waals surface area contributed by atoms with Crippen LogP contribution in [0.15, 0.2) is 24.3 Å². The Balaban J connectivity index is 1.74. The minimum Gasteiger partial charge on any atom is -0.399 e. The third kappa shape index (κ3) is 1.38. The van der Waals surface area contributed by atoms with Gasteiger partial charge in [-0.15, -0.1) is 0 Å². The van der Waals surface area contributed by atoms with Gasteiger partial charge in [-0.2, -0.15) is 0 Å². The van der Waals surface area contributed by atoms with Crippen LogP contribution in [0.1, 0.15) is 37.7 Å². The average molecular weight is 243 g/mol. The van der Waals surface area contributed by atoms with Gasteiger partial charge in [-0.25, -0.2) is 0 Å². The van der Waals surface area contributed by atoms with Crippen molar-refractivity contribution in [2.75, 3.05) is 5.73 Å².